The Kier molecular flexibility index (Phi) is 3.95. The van der Waals surface area contributed by atoms with E-state index >= 15 is 0 Å². The van der Waals surface area contributed by atoms with Gasteiger partial charge in [0.15, 0.2) is 0 Å². The second kappa shape index (κ2) is 5.03. The number of rotatable bonds is 3. The first-order valence-corrected chi connectivity index (χ1v) is 4.57. The molecule has 0 saturated heterocycles. The number of allylic oxidation sites excluding steroid dienone is 1. The molecule has 1 aromatic rings. The number of alkyl halides is 3. The third kappa shape index (κ3) is 3.94. The van der Waals surface area contributed by atoms with E-state index < -0.39 is 12.0 Å². The number of halogens is 4. The molecule has 1 aromatic carbocycles. The number of carbonyl (C=O) groups excluding carboxylic acids is 1. The van der Waals surface area contributed by atoms with Crippen molar-refractivity contribution in [1.82, 2.24) is 0 Å². The Bertz CT molecular complexity index is 415. The van der Waals surface area contributed by atoms with E-state index in [0.717, 1.165) is 6.20 Å². The van der Waals surface area contributed by atoms with Gasteiger partial charge in [0, 0.05) is 23.0 Å². The number of benzene rings is 1. The van der Waals surface area contributed by atoms with Gasteiger partial charge in [-0.3, -0.25) is 4.79 Å². The molecule has 0 aromatic heterocycles. The minimum atomic E-state index is -4.84. The van der Waals surface area contributed by atoms with Gasteiger partial charge in [0.2, 0.25) is 0 Å². The number of anilines is 1. The van der Waals surface area contributed by atoms with Gasteiger partial charge in [0.1, 0.15) is 0 Å². The number of hydrogen-bond acceptors (Lipinski definition) is 2. The van der Waals surface area contributed by atoms with Crippen LogP contribution in [0.25, 0.3) is 0 Å². The Morgan fingerprint density at radius 3 is 2.62 bits per heavy atom. The zero-order valence-corrected chi connectivity index (χ0v) is 8.64. The molecular weight excluding hydrogens is 243 g/mol. The molecule has 0 heterocycles. The summed E-state index contributed by atoms with van der Waals surface area (Å²) in [5.74, 6) is -1.91. The third-order valence-corrected chi connectivity index (χ3v) is 1.82. The molecule has 0 saturated carbocycles. The maximum absolute atomic E-state index is 11.8. The molecule has 1 N–H and O–H groups in total. The lowest BCUT2D eigenvalue weighted by Gasteiger charge is -2.02. The Morgan fingerprint density at radius 2 is 2.06 bits per heavy atom. The van der Waals surface area contributed by atoms with E-state index in [1.54, 1.807) is 18.2 Å². The number of ketones is 1. The molecule has 6 heteroatoms. The Labute approximate surface area is 94.7 Å². The molecule has 0 unspecified atom stereocenters. The van der Waals surface area contributed by atoms with Crippen LogP contribution in [0.15, 0.2) is 36.5 Å². The van der Waals surface area contributed by atoms with Crippen LogP contribution in [0.1, 0.15) is 0 Å². The minimum Gasteiger partial charge on any atom is -0.362 e. The van der Waals surface area contributed by atoms with Gasteiger partial charge >= 0.3 is 6.18 Å². The molecule has 0 bridgehead atoms. The van der Waals surface area contributed by atoms with Crippen molar-refractivity contribution in [3.05, 3.63) is 41.6 Å². The number of nitrogens with one attached hydrogen (secondary N) is 1. The Morgan fingerprint density at radius 1 is 1.38 bits per heavy atom. The molecule has 0 atom stereocenters. The van der Waals surface area contributed by atoms with Crippen LogP contribution < -0.4 is 5.32 Å². The molecule has 0 radical (unpaired) electrons. The van der Waals surface area contributed by atoms with Crippen molar-refractivity contribution in [2.75, 3.05) is 5.32 Å². The molecule has 0 fully saturated rings. The monoisotopic (exact) mass is 249 g/mol. The summed E-state index contributed by atoms with van der Waals surface area (Å²) in [6.07, 6.45) is -3.51. The number of carbonyl (C=O) groups is 1. The van der Waals surface area contributed by atoms with Gasteiger partial charge in [-0.1, -0.05) is 17.7 Å². The molecule has 0 aliphatic rings. The van der Waals surface area contributed by atoms with Crippen molar-refractivity contribution >= 4 is 23.1 Å². The zero-order chi connectivity index (χ0) is 12.2. The summed E-state index contributed by atoms with van der Waals surface area (Å²) in [4.78, 5) is 10.4. The fourth-order valence-electron chi connectivity index (χ4n) is 0.886. The van der Waals surface area contributed by atoms with Crippen LogP contribution in [-0.2, 0) is 4.79 Å². The SMILES string of the molecule is O=C(/C=C\Nc1cccc(Cl)c1)C(F)(F)F. The van der Waals surface area contributed by atoms with Gasteiger partial charge < -0.3 is 5.32 Å². The molecule has 0 amide bonds. The van der Waals surface area contributed by atoms with E-state index in [1.807, 2.05) is 0 Å². The average molecular weight is 250 g/mol. The Hall–Kier alpha value is -1.49. The lowest BCUT2D eigenvalue weighted by atomic mass is 10.3. The molecule has 86 valence electrons. The van der Waals surface area contributed by atoms with Gasteiger partial charge in [0.05, 0.1) is 0 Å². The normalized spacial score (nSPS) is 11.8. The largest absolute Gasteiger partial charge is 0.454 e. The first kappa shape index (κ1) is 12.6. The summed E-state index contributed by atoms with van der Waals surface area (Å²) in [6.45, 7) is 0. The summed E-state index contributed by atoms with van der Waals surface area (Å²) < 4.78 is 35.4. The molecular formula is C10H7ClF3NO. The van der Waals surface area contributed by atoms with E-state index in [0.29, 0.717) is 16.8 Å². The first-order chi connectivity index (χ1) is 7.39. The summed E-state index contributed by atoms with van der Waals surface area (Å²) in [7, 11) is 0. The van der Waals surface area contributed by atoms with E-state index in [9.17, 15) is 18.0 Å². The van der Waals surface area contributed by atoms with Crippen LogP contribution in [0, 0.1) is 0 Å². The molecule has 2 nitrogen and oxygen atoms in total. The highest BCUT2D eigenvalue weighted by Crippen LogP contribution is 2.17. The van der Waals surface area contributed by atoms with Crippen LogP contribution in [0.4, 0.5) is 18.9 Å². The minimum absolute atomic E-state index is 0.418. The maximum Gasteiger partial charge on any atom is 0.454 e. The predicted molar refractivity (Wildman–Crippen MR) is 55.3 cm³/mol. The second-order valence-electron chi connectivity index (χ2n) is 2.85. The standard InChI is InChI=1S/C10H7ClF3NO/c11-7-2-1-3-8(6-7)15-5-4-9(16)10(12,13)14/h1-6,15H/b5-4-. The first-order valence-electron chi connectivity index (χ1n) is 4.19. The lowest BCUT2D eigenvalue weighted by molar-refractivity contribution is -0.165. The second-order valence-corrected chi connectivity index (χ2v) is 3.29. The average Bonchev–Trinajstić information content (AvgIpc) is 2.16. The van der Waals surface area contributed by atoms with Gasteiger partial charge in [-0.05, 0) is 18.2 Å². The van der Waals surface area contributed by atoms with Crippen molar-refractivity contribution in [3.8, 4) is 0 Å². The smallest absolute Gasteiger partial charge is 0.362 e. The van der Waals surface area contributed by atoms with Crippen molar-refractivity contribution in [3.63, 3.8) is 0 Å². The highest BCUT2D eigenvalue weighted by atomic mass is 35.5. The molecule has 1 rings (SSSR count). The van der Waals surface area contributed by atoms with Crippen LogP contribution in [-0.4, -0.2) is 12.0 Å². The van der Waals surface area contributed by atoms with E-state index in [4.69, 9.17) is 11.6 Å². The van der Waals surface area contributed by atoms with Crippen LogP contribution in [0.5, 0.6) is 0 Å². The maximum atomic E-state index is 11.8. The highest BCUT2D eigenvalue weighted by molar-refractivity contribution is 6.30. The summed E-state index contributed by atoms with van der Waals surface area (Å²) >= 11 is 5.65. The zero-order valence-electron chi connectivity index (χ0n) is 7.88. The molecule has 0 spiro atoms. The topological polar surface area (TPSA) is 29.1 Å². The van der Waals surface area contributed by atoms with Crippen LogP contribution in [0.3, 0.4) is 0 Å². The van der Waals surface area contributed by atoms with E-state index in [-0.39, 0.29) is 0 Å². The number of hydrogen-bond donors (Lipinski definition) is 1. The fraction of sp³-hybridized carbons (Fsp3) is 0.100. The summed E-state index contributed by atoms with van der Waals surface area (Å²) in [5.41, 5.74) is 0.499. The van der Waals surface area contributed by atoms with Crippen molar-refractivity contribution in [1.29, 1.82) is 0 Å². The van der Waals surface area contributed by atoms with Gasteiger partial charge in [-0.15, -0.1) is 0 Å². The van der Waals surface area contributed by atoms with Gasteiger partial charge in [0.25, 0.3) is 5.78 Å². The molecule has 0 aliphatic carbocycles. The van der Waals surface area contributed by atoms with Crippen molar-refractivity contribution < 1.29 is 18.0 Å². The van der Waals surface area contributed by atoms with Crippen LogP contribution >= 0.6 is 11.6 Å². The van der Waals surface area contributed by atoms with Crippen molar-refractivity contribution in [2.45, 2.75) is 6.18 Å². The highest BCUT2D eigenvalue weighted by Gasteiger charge is 2.35. The lowest BCUT2D eigenvalue weighted by Crippen LogP contribution is -2.20. The van der Waals surface area contributed by atoms with E-state index in [2.05, 4.69) is 5.32 Å². The quantitative estimate of drug-likeness (QED) is 0.832. The van der Waals surface area contributed by atoms with E-state index in [1.165, 1.54) is 6.07 Å². The third-order valence-electron chi connectivity index (χ3n) is 1.59. The Balaban J connectivity index is 2.59. The predicted octanol–water partition coefficient (Wildman–Crippen LogP) is 3.40. The van der Waals surface area contributed by atoms with Crippen LogP contribution in [0.2, 0.25) is 5.02 Å². The summed E-state index contributed by atoms with van der Waals surface area (Å²) in [5, 5.41) is 2.95. The fourth-order valence-corrected chi connectivity index (χ4v) is 1.08. The van der Waals surface area contributed by atoms with Gasteiger partial charge in [-0.2, -0.15) is 13.2 Å². The van der Waals surface area contributed by atoms with Crippen molar-refractivity contribution in [2.24, 2.45) is 0 Å². The molecule has 0 aliphatic heterocycles. The summed E-state index contributed by atoms with van der Waals surface area (Å²) in [6, 6.07) is 6.37. The molecule has 16 heavy (non-hydrogen) atoms. The van der Waals surface area contributed by atoms with Gasteiger partial charge in [-0.25, -0.2) is 0 Å².